The van der Waals surface area contributed by atoms with Gasteiger partial charge in [-0.25, -0.2) is 4.98 Å². The highest BCUT2D eigenvalue weighted by atomic mass is 16.5. The highest BCUT2D eigenvalue weighted by Gasteiger charge is 2.17. The number of morpholine rings is 1. The van der Waals surface area contributed by atoms with Gasteiger partial charge in [-0.15, -0.1) is 0 Å². The Balaban J connectivity index is 1.70. The molecule has 2 heterocycles. The number of hydrogen-bond acceptors (Lipinski definition) is 6. The second kappa shape index (κ2) is 9.23. The van der Waals surface area contributed by atoms with E-state index in [2.05, 4.69) is 15.2 Å². The zero-order valence-electron chi connectivity index (χ0n) is 15.7. The lowest BCUT2D eigenvalue weighted by Crippen LogP contribution is -2.37. The van der Waals surface area contributed by atoms with Gasteiger partial charge in [0.05, 0.1) is 26.9 Å². The smallest absolute Gasteiger partial charge is 0.251 e. The summed E-state index contributed by atoms with van der Waals surface area (Å²) in [6.45, 7) is 5.77. The van der Waals surface area contributed by atoms with Crippen LogP contribution in [0.2, 0.25) is 0 Å². The highest BCUT2D eigenvalue weighted by Crippen LogP contribution is 2.28. The lowest BCUT2D eigenvalue weighted by atomic mass is 10.1. The van der Waals surface area contributed by atoms with Crippen LogP contribution in [-0.4, -0.2) is 50.9 Å². The van der Waals surface area contributed by atoms with Gasteiger partial charge in [0.2, 0.25) is 0 Å². The molecule has 0 saturated carbocycles. The van der Waals surface area contributed by atoms with E-state index in [4.69, 9.17) is 14.2 Å². The van der Waals surface area contributed by atoms with Gasteiger partial charge >= 0.3 is 0 Å². The van der Waals surface area contributed by atoms with Gasteiger partial charge in [-0.3, -0.25) is 4.79 Å². The number of hydrogen-bond donors (Lipinski definition) is 1. The molecule has 1 aliphatic rings. The SMILES string of the molecule is CCOc1cc(C(=O)NCc2cccnc2N2CCOCC2)ccc1OC. The first-order chi connectivity index (χ1) is 13.2. The van der Waals surface area contributed by atoms with Crippen LogP contribution in [0.5, 0.6) is 11.5 Å². The first-order valence-corrected chi connectivity index (χ1v) is 9.08. The molecule has 7 nitrogen and oxygen atoms in total. The maximum Gasteiger partial charge on any atom is 0.251 e. The summed E-state index contributed by atoms with van der Waals surface area (Å²) in [5, 5.41) is 2.97. The number of anilines is 1. The summed E-state index contributed by atoms with van der Waals surface area (Å²) < 4.78 is 16.2. The van der Waals surface area contributed by atoms with Gasteiger partial charge in [0.25, 0.3) is 5.91 Å². The second-order valence-corrected chi connectivity index (χ2v) is 6.07. The number of nitrogens with zero attached hydrogens (tertiary/aromatic N) is 2. The summed E-state index contributed by atoms with van der Waals surface area (Å²) in [6.07, 6.45) is 1.77. The minimum Gasteiger partial charge on any atom is -0.493 e. The number of ether oxygens (including phenoxy) is 3. The molecule has 27 heavy (non-hydrogen) atoms. The quantitative estimate of drug-likeness (QED) is 0.805. The lowest BCUT2D eigenvalue weighted by Gasteiger charge is -2.29. The van der Waals surface area contributed by atoms with Crippen molar-refractivity contribution in [3.05, 3.63) is 47.7 Å². The summed E-state index contributed by atoms with van der Waals surface area (Å²) in [4.78, 5) is 19.3. The molecule has 0 atom stereocenters. The largest absolute Gasteiger partial charge is 0.493 e. The average Bonchev–Trinajstić information content (AvgIpc) is 2.73. The number of nitrogens with one attached hydrogen (secondary N) is 1. The standard InChI is InChI=1S/C20H25N3O4/c1-3-27-18-13-15(6-7-17(18)25-2)20(24)22-14-16-5-4-8-21-19(16)23-9-11-26-12-10-23/h4-8,13H,3,9-12,14H2,1-2H3,(H,22,24). The van der Waals surface area contributed by atoms with Gasteiger partial charge in [0, 0.05) is 37.0 Å². The molecule has 1 amide bonds. The molecule has 1 aromatic carbocycles. The molecule has 1 fully saturated rings. The van der Waals surface area contributed by atoms with Gasteiger partial charge in [-0.1, -0.05) is 6.07 Å². The van der Waals surface area contributed by atoms with E-state index in [-0.39, 0.29) is 5.91 Å². The lowest BCUT2D eigenvalue weighted by molar-refractivity contribution is 0.0950. The fraction of sp³-hybridized carbons (Fsp3) is 0.400. The summed E-state index contributed by atoms with van der Waals surface area (Å²) in [7, 11) is 1.58. The summed E-state index contributed by atoms with van der Waals surface area (Å²) in [6, 6.07) is 9.03. The average molecular weight is 371 g/mol. The Bertz CT molecular complexity index is 776. The molecular weight excluding hydrogens is 346 g/mol. The van der Waals surface area contributed by atoms with Crippen molar-refractivity contribution in [2.24, 2.45) is 0 Å². The number of methoxy groups -OCH3 is 1. The van der Waals surface area contributed by atoms with E-state index in [1.54, 1.807) is 31.5 Å². The Morgan fingerprint density at radius 3 is 2.81 bits per heavy atom. The van der Waals surface area contributed by atoms with E-state index in [0.29, 0.717) is 43.4 Å². The van der Waals surface area contributed by atoms with Gasteiger partial charge in [-0.2, -0.15) is 0 Å². The Morgan fingerprint density at radius 1 is 1.26 bits per heavy atom. The number of carbonyl (C=O) groups is 1. The Kier molecular flexibility index (Phi) is 6.49. The van der Waals surface area contributed by atoms with Crippen LogP contribution in [0.4, 0.5) is 5.82 Å². The van der Waals surface area contributed by atoms with Gasteiger partial charge in [-0.05, 0) is 31.2 Å². The van der Waals surface area contributed by atoms with Crippen molar-refractivity contribution in [2.45, 2.75) is 13.5 Å². The monoisotopic (exact) mass is 371 g/mol. The van der Waals surface area contributed by atoms with E-state index in [9.17, 15) is 4.79 Å². The van der Waals surface area contributed by atoms with Crippen molar-refractivity contribution >= 4 is 11.7 Å². The third-order valence-electron chi connectivity index (χ3n) is 4.34. The van der Waals surface area contributed by atoms with Crippen LogP contribution >= 0.6 is 0 Å². The van der Waals surface area contributed by atoms with Crippen LogP contribution in [0.15, 0.2) is 36.5 Å². The molecule has 0 spiro atoms. The normalized spacial score (nSPS) is 13.9. The number of pyridine rings is 1. The minimum atomic E-state index is -0.171. The van der Waals surface area contributed by atoms with Crippen LogP contribution in [0.25, 0.3) is 0 Å². The van der Waals surface area contributed by atoms with E-state index in [0.717, 1.165) is 24.5 Å². The van der Waals surface area contributed by atoms with Gasteiger partial charge in [0.15, 0.2) is 11.5 Å². The predicted octanol–water partition coefficient (Wildman–Crippen LogP) is 2.26. The Hall–Kier alpha value is -2.80. The number of amides is 1. The molecule has 0 radical (unpaired) electrons. The molecule has 1 N–H and O–H groups in total. The van der Waals surface area contributed by atoms with Crippen molar-refractivity contribution in [2.75, 3.05) is 44.9 Å². The molecule has 7 heteroatoms. The number of benzene rings is 1. The second-order valence-electron chi connectivity index (χ2n) is 6.07. The molecule has 1 saturated heterocycles. The topological polar surface area (TPSA) is 72.9 Å². The molecule has 0 bridgehead atoms. The first-order valence-electron chi connectivity index (χ1n) is 9.08. The number of carbonyl (C=O) groups excluding carboxylic acids is 1. The van der Waals surface area contributed by atoms with E-state index in [1.165, 1.54) is 0 Å². The Morgan fingerprint density at radius 2 is 2.07 bits per heavy atom. The number of aromatic nitrogens is 1. The third-order valence-corrected chi connectivity index (χ3v) is 4.34. The summed E-state index contributed by atoms with van der Waals surface area (Å²) in [5.41, 5.74) is 1.50. The van der Waals surface area contributed by atoms with E-state index >= 15 is 0 Å². The van der Waals surface area contributed by atoms with Crippen LogP contribution in [0.3, 0.4) is 0 Å². The van der Waals surface area contributed by atoms with Crippen molar-refractivity contribution < 1.29 is 19.0 Å². The first kappa shape index (κ1) is 19.0. The maximum absolute atomic E-state index is 12.6. The molecule has 2 aromatic rings. The van der Waals surface area contributed by atoms with Crippen molar-refractivity contribution in [1.82, 2.24) is 10.3 Å². The fourth-order valence-electron chi connectivity index (χ4n) is 2.99. The molecular formula is C20H25N3O4. The van der Waals surface area contributed by atoms with Crippen LogP contribution in [0, 0.1) is 0 Å². The zero-order valence-corrected chi connectivity index (χ0v) is 15.7. The van der Waals surface area contributed by atoms with Crippen molar-refractivity contribution in [3.8, 4) is 11.5 Å². The molecule has 0 aliphatic carbocycles. The van der Waals surface area contributed by atoms with Gasteiger partial charge < -0.3 is 24.4 Å². The van der Waals surface area contributed by atoms with Crippen LogP contribution in [-0.2, 0) is 11.3 Å². The molecule has 144 valence electrons. The molecule has 1 aromatic heterocycles. The predicted molar refractivity (Wildman–Crippen MR) is 103 cm³/mol. The summed E-state index contributed by atoms with van der Waals surface area (Å²) in [5.74, 6) is 1.89. The van der Waals surface area contributed by atoms with Gasteiger partial charge in [0.1, 0.15) is 5.82 Å². The molecule has 3 rings (SSSR count). The summed E-state index contributed by atoms with van der Waals surface area (Å²) >= 11 is 0. The van der Waals surface area contributed by atoms with E-state index < -0.39 is 0 Å². The highest BCUT2D eigenvalue weighted by molar-refractivity contribution is 5.94. The Labute approximate surface area is 159 Å². The van der Waals surface area contributed by atoms with Crippen LogP contribution < -0.4 is 19.7 Å². The fourth-order valence-corrected chi connectivity index (χ4v) is 2.99. The van der Waals surface area contributed by atoms with Crippen LogP contribution in [0.1, 0.15) is 22.8 Å². The molecule has 0 unspecified atom stereocenters. The van der Waals surface area contributed by atoms with E-state index in [1.807, 2.05) is 19.1 Å². The molecule has 1 aliphatic heterocycles. The zero-order chi connectivity index (χ0) is 19.1. The van der Waals surface area contributed by atoms with Crippen molar-refractivity contribution in [1.29, 1.82) is 0 Å². The number of rotatable bonds is 7. The third kappa shape index (κ3) is 4.68. The minimum absolute atomic E-state index is 0.171. The maximum atomic E-state index is 12.6. The van der Waals surface area contributed by atoms with Crippen molar-refractivity contribution in [3.63, 3.8) is 0 Å².